The highest BCUT2D eigenvalue weighted by atomic mass is 32.2. The summed E-state index contributed by atoms with van der Waals surface area (Å²) in [7, 11) is -3.67. The topological polar surface area (TPSA) is 55.8 Å². The van der Waals surface area contributed by atoms with E-state index >= 15 is 0 Å². The molecule has 0 aromatic heterocycles. The van der Waals surface area contributed by atoms with Gasteiger partial charge in [-0.25, -0.2) is 12.8 Å². The number of piperidine rings is 1. The summed E-state index contributed by atoms with van der Waals surface area (Å²) in [4.78, 5) is 0.138. The van der Waals surface area contributed by atoms with Crippen molar-refractivity contribution in [2.75, 3.05) is 26.3 Å². The molecule has 0 N–H and O–H groups in total. The summed E-state index contributed by atoms with van der Waals surface area (Å²) in [5, 5.41) is 0. The highest BCUT2D eigenvalue weighted by Crippen LogP contribution is 2.33. The Morgan fingerprint density at radius 1 is 1.29 bits per heavy atom. The number of benzene rings is 1. The Kier molecular flexibility index (Phi) is 3.77. The Bertz CT molecular complexity index is 640. The fraction of sp³-hybridized carbons (Fsp3) is 0.571. The third-order valence-corrected chi connectivity index (χ3v) is 5.96. The molecule has 1 spiro atoms. The van der Waals surface area contributed by atoms with Gasteiger partial charge in [-0.1, -0.05) is 0 Å². The zero-order valence-electron chi connectivity index (χ0n) is 11.8. The molecule has 1 aromatic rings. The summed E-state index contributed by atoms with van der Waals surface area (Å²) < 4.78 is 51.3. The van der Waals surface area contributed by atoms with E-state index in [9.17, 15) is 12.8 Å². The fourth-order valence-corrected chi connectivity index (χ4v) is 4.65. The van der Waals surface area contributed by atoms with Crippen LogP contribution in [0.3, 0.4) is 0 Å². The van der Waals surface area contributed by atoms with Crippen LogP contribution in [0.25, 0.3) is 0 Å². The number of nitrogens with zero attached hydrogens (tertiary/aromatic N) is 1. The largest absolute Gasteiger partial charge is 0.346 e. The normalized spacial score (nSPS) is 22.8. The van der Waals surface area contributed by atoms with Gasteiger partial charge in [0.05, 0.1) is 24.7 Å². The zero-order chi connectivity index (χ0) is 15.1. The maximum absolute atomic E-state index is 13.2. The van der Waals surface area contributed by atoms with Crippen LogP contribution in [-0.4, -0.2) is 44.8 Å². The lowest BCUT2D eigenvalue weighted by Gasteiger charge is -2.37. The summed E-state index contributed by atoms with van der Waals surface area (Å²) in [6.45, 7) is 3.19. The Morgan fingerprint density at radius 2 is 2.00 bits per heavy atom. The van der Waals surface area contributed by atoms with Gasteiger partial charge in [-0.05, 0) is 37.1 Å². The van der Waals surface area contributed by atoms with Crippen molar-refractivity contribution in [3.05, 3.63) is 29.6 Å². The highest BCUT2D eigenvalue weighted by Gasteiger charge is 2.44. The summed E-state index contributed by atoms with van der Waals surface area (Å²) in [5.41, 5.74) is 0.405. The van der Waals surface area contributed by atoms with E-state index in [4.69, 9.17) is 9.47 Å². The van der Waals surface area contributed by atoms with Crippen molar-refractivity contribution in [1.29, 1.82) is 0 Å². The molecule has 1 aromatic carbocycles. The smallest absolute Gasteiger partial charge is 0.243 e. The first-order valence-corrected chi connectivity index (χ1v) is 8.41. The summed E-state index contributed by atoms with van der Waals surface area (Å²) >= 11 is 0. The molecule has 2 fully saturated rings. The second-order valence-corrected chi connectivity index (χ2v) is 7.37. The predicted octanol–water partition coefficient (Wildman–Crippen LogP) is 1.66. The van der Waals surface area contributed by atoms with Gasteiger partial charge in [-0.2, -0.15) is 4.31 Å². The first-order valence-electron chi connectivity index (χ1n) is 6.97. The molecular formula is C14H18FNO4S. The van der Waals surface area contributed by atoms with E-state index < -0.39 is 21.6 Å². The number of sulfonamides is 1. The molecule has 0 unspecified atom stereocenters. The third-order valence-electron chi connectivity index (χ3n) is 3.95. The van der Waals surface area contributed by atoms with Crippen LogP contribution in [-0.2, 0) is 19.5 Å². The number of hydrogen-bond acceptors (Lipinski definition) is 4. The second kappa shape index (κ2) is 5.31. The average molecular weight is 315 g/mol. The molecule has 2 aliphatic rings. The molecule has 0 aliphatic carbocycles. The first-order chi connectivity index (χ1) is 9.93. The Hall–Kier alpha value is -1.02. The fourth-order valence-electron chi connectivity index (χ4n) is 2.93. The maximum Gasteiger partial charge on any atom is 0.243 e. The van der Waals surface area contributed by atoms with Crippen molar-refractivity contribution in [3.63, 3.8) is 0 Å². The van der Waals surface area contributed by atoms with Crippen molar-refractivity contribution in [1.82, 2.24) is 4.31 Å². The van der Waals surface area contributed by atoms with Gasteiger partial charge in [0.15, 0.2) is 5.79 Å². The SMILES string of the molecule is Cc1cc(F)ccc1S(=O)(=O)N1CCCC2(C1)OCCO2. The standard InChI is InChI=1S/C14H18FNO4S/c1-11-9-12(15)3-4-13(11)21(17,18)16-6-2-5-14(10-16)19-7-8-20-14/h3-4,9H,2,5-8,10H2,1H3. The summed E-state index contributed by atoms with van der Waals surface area (Å²) in [6, 6.07) is 3.72. The van der Waals surface area contributed by atoms with E-state index in [2.05, 4.69) is 0 Å². The molecule has 0 atom stereocenters. The maximum atomic E-state index is 13.2. The molecule has 7 heteroatoms. The van der Waals surface area contributed by atoms with Gasteiger partial charge < -0.3 is 9.47 Å². The van der Waals surface area contributed by atoms with E-state index in [1.54, 1.807) is 6.92 Å². The number of aryl methyl sites for hydroxylation is 1. The van der Waals surface area contributed by atoms with Gasteiger partial charge in [0, 0.05) is 13.0 Å². The van der Waals surface area contributed by atoms with E-state index in [-0.39, 0.29) is 11.4 Å². The molecular weight excluding hydrogens is 297 g/mol. The molecule has 116 valence electrons. The summed E-state index contributed by atoms with van der Waals surface area (Å²) in [6.07, 6.45) is 1.38. The predicted molar refractivity (Wildman–Crippen MR) is 73.8 cm³/mol. The van der Waals surface area contributed by atoms with Gasteiger partial charge in [0.2, 0.25) is 10.0 Å². The second-order valence-electron chi connectivity index (χ2n) is 5.46. The lowest BCUT2D eigenvalue weighted by molar-refractivity contribution is -0.179. The van der Waals surface area contributed by atoms with Gasteiger partial charge in [0.1, 0.15) is 5.82 Å². The van der Waals surface area contributed by atoms with Crippen LogP contribution >= 0.6 is 0 Å². The molecule has 2 heterocycles. The lowest BCUT2D eigenvalue weighted by atomic mass is 10.1. The molecule has 5 nitrogen and oxygen atoms in total. The Morgan fingerprint density at radius 3 is 2.67 bits per heavy atom. The van der Waals surface area contributed by atoms with E-state index in [1.165, 1.54) is 22.5 Å². The number of rotatable bonds is 2. The molecule has 21 heavy (non-hydrogen) atoms. The third kappa shape index (κ3) is 2.70. The van der Waals surface area contributed by atoms with Crippen molar-refractivity contribution in [2.45, 2.75) is 30.4 Å². The molecule has 0 radical (unpaired) electrons. The van der Waals surface area contributed by atoms with Gasteiger partial charge in [-0.3, -0.25) is 0 Å². The minimum absolute atomic E-state index is 0.138. The van der Waals surface area contributed by atoms with E-state index in [1.807, 2.05) is 0 Å². The minimum Gasteiger partial charge on any atom is -0.346 e. The van der Waals surface area contributed by atoms with Crippen molar-refractivity contribution in [3.8, 4) is 0 Å². The van der Waals surface area contributed by atoms with Crippen molar-refractivity contribution >= 4 is 10.0 Å². The van der Waals surface area contributed by atoms with Crippen LogP contribution in [0.2, 0.25) is 0 Å². The number of ether oxygens (including phenoxy) is 2. The molecule has 2 saturated heterocycles. The van der Waals surface area contributed by atoms with Crippen molar-refractivity contribution in [2.24, 2.45) is 0 Å². The molecule has 3 rings (SSSR count). The Labute approximate surface area is 123 Å². The van der Waals surface area contributed by atoms with Gasteiger partial charge in [-0.15, -0.1) is 0 Å². The van der Waals surface area contributed by atoms with Gasteiger partial charge >= 0.3 is 0 Å². The monoisotopic (exact) mass is 315 g/mol. The first kappa shape index (κ1) is 14.9. The average Bonchev–Trinajstić information content (AvgIpc) is 2.86. The van der Waals surface area contributed by atoms with E-state index in [0.29, 0.717) is 38.2 Å². The Balaban J connectivity index is 1.90. The van der Waals surface area contributed by atoms with Crippen LogP contribution < -0.4 is 0 Å². The highest BCUT2D eigenvalue weighted by molar-refractivity contribution is 7.89. The minimum atomic E-state index is -3.67. The van der Waals surface area contributed by atoms with Crippen LogP contribution in [0.1, 0.15) is 18.4 Å². The molecule has 0 bridgehead atoms. The molecule has 0 saturated carbocycles. The van der Waals surface area contributed by atoms with Gasteiger partial charge in [0.25, 0.3) is 0 Å². The number of halogens is 1. The van der Waals surface area contributed by atoms with Crippen LogP contribution in [0.5, 0.6) is 0 Å². The lowest BCUT2D eigenvalue weighted by Crippen LogP contribution is -2.51. The quantitative estimate of drug-likeness (QED) is 0.833. The summed E-state index contributed by atoms with van der Waals surface area (Å²) in [5.74, 6) is -1.25. The van der Waals surface area contributed by atoms with Crippen LogP contribution in [0.4, 0.5) is 4.39 Å². The number of hydrogen-bond donors (Lipinski definition) is 0. The van der Waals surface area contributed by atoms with E-state index in [0.717, 1.165) is 0 Å². The zero-order valence-corrected chi connectivity index (χ0v) is 12.7. The van der Waals surface area contributed by atoms with Crippen molar-refractivity contribution < 1.29 is 22.3 Å². The van der Waals surface area contributed by atoms with Crippen LogP contribution in [0, 0.1) is 12.7 Å². The molecule has 2 aliphatic heterocycles. The molecule has 0 amide bonds. The van der Waals surface area contributed by atoms with Crippen LogP contribution in [0.15, 0.2) is 23.1 Å².